The van der Waals surface area contributed by atoms with Crippen LogP contribution in [0.1, 0.15) is 0 Å². The van der Waals surface area contributed by atoms with Gasteiger partial charge in [-0.3, -0.25) is 4.55 Å². The lowest BCUT2D eigenvalue weighted by Crippen LogP contribution is -2.71. The molecular weight excluding hydrogens is 437 g/mol. The van der Waals surface area contributed by atoms with Crippen LogP contribution in [0.4, 0.5) is 57.1 Å². The van der Waals surface area contributed by atoms with E-state index < -0.39 is 45.2 Å². The van der Waals surface area contributed by atoms with Gasteiger partial charge in [-0.1, -0.05) is 0 Å². The quantitative estimate of drug-likeness (QED) is 0.503. The van der Waals surface area contributed by atoms with Gasteiger partial charge in [-0.25, -0.2) is 0 Å². The summed E-state index contributed by atoms with van der Waals surface area (Å²) in [5, 5.41) is -4.77. The molecule has 0 unspecified atom stereocenters. The van der Waals surface area contributed by atoms with Crippen molar-refractivity contribution in [1.29, 1.82) is 0 Å². The minimum absolute atomic E-state index is 1.88. The van der Waals surface area contributed by atoms with Gasteiger partial charge in [0.1, 0.15) is 0 Å². The van der Waals surface area contributed by atoms with E-state index in [1.165, 1.54) is 0 Å². The van der Waals surface area contributed by atoms with Crippen molar-refractivity contribution in [3.05, 3.63) is 0 Å². The van der Waals surface area contributed by atoms with Crippen LogP contribution in [0, 0.1) is 0 Å². The normalized spacial score (nSPS) is 15.4. The second kappa shape index (κ2) is 7.17. The molecule has 0 aromatic heterocycles. The Labute approximate surface area is 136 Å². The van der Waals surface area contributed by atoms with Crippen LogP contribution in [-0.4, -0.2) is 62.2 Å². The largest absolute Gasteiger partial charge is 0.460 e. The standard InChI is InChI=1S/C6HF13O3S.C2H7N/c7-1(8,3(11,12)5(15,16)17)2(9,10)4(13,14)6(18,19)23(20,21)22;1-3-2/h(H,20,21,22);3H,1-2H3. The van der Waals surface area contributed by atoms with Crippen LogP contribution >= 0.6 is 0 Å². The lowest BCUT2D eigenvalue weighted by Gasteiger charge is -2.38. The molecular formula is C8H8F13NO3S. The summed E-state index contributed by atoms with van der Waals surface area (Å²) in [4.78, 5) is 0. The van der Waals surface area contributed by atoms with Crippen LogP contribution in [0.3, 0.4) is 0 Å². The fourth-order valence-corrected chi connectivity index (χ4v) is 1.37. The maximum atomic E-state index is 12.7. The zero-order valence-electron chi connectivity index (χ0n) is 12.1. The first-order valence-electron chi connectivity index (χ1n) is 5.43. The molecule has 0 heterocycles. The first-order chi connectivity index (χ1) is 10.9. The summed E-state index contributed by atoms with van der Waals surface area (Å²) in [5.74, 6) is -32.5. The molecule has 0 radical (unpaired) electrons. The van der Waals surface area contributed by atoms with E-state index in [0.29, 0.717) is 0 Å². The van der Waals surface area contributed by atoms with Crippen LogP contribution in [0.25, 0.3) is 0 Å². The molecule has 0 aromatic rings. The third kappa shape index (κ3) is 3.95. The number of nitrogens with one attached hydrogen (secondary N) is 1. The van der Waals surface area contributed by atoms with E-state index in [1.54, 1.807) is 0 Å². The highest BCUT2D eigenvalue weighted by Crippen LogP contribution is 2.60. The van der Waals surface area contributed by atoms with Crippen molar-refractivity contribution < 1.29 is 70.0 Å². The molecule has 0 aliphatic carbocycles. The van der Waals surface area contributed by atoms with Crippen LogP contribution in [-0.2, 0) is 10.1 Å². The zero-order valence-corrected chi connectivity index (χ0v) is 12.9. The van der Waals surface area contributed by atoms with E-state index >= 15 is 0 Å². The summed E-state index contributed by atoms with van der Waals surface area (Å²) < 4.78 is 188. The fraction of sp³-hybridized carbons (Fsp3) is 1.00. The number of halogens is 13. The number of alkyl halides is 13. The molecule has 0 atom stereocenters. The van der Waals surface area contributed by atoms with Crippen molar-refractivity contribution in [3.8, 4) is 0 Å². The van der Waals surface area contributed by atoms with Crippen molar-refractivity contribution in [1.82, 2.24) is 5.32 Å². The maximum absolute atomic E-state index is 12.7. The molecule has 18 heteroatoms. The van der Waals surface area contributed by atoms with E-state index in [9.17, 15) is 65.5 Å². The first kappa shape index (κ1) is 27.2. The smallest absolute Gasteiger partial charge is 0.323 e. The lowest BCUT2D eigenvalue weighted by molar-refractivity contribution is -0.433. The van der Waals surface area contributed by atoms with Crippen LogP contribution in [0.5, 0.6) is 0 Å². The van der Waals surface area contributed by atoms with Gasteiger partial charge in [0.05, 0.1) is 0 Å². The predicted molar refractivity (Wildman–Crippen MR) is 57.3 cm³/mol. The Bertz CT molecular complexity index is 583. The summed E-state index contributed by atoms with van der Waals surface area (Å²) in [6.07, 6.45) is -7.59. The highest BCUT2D eigenvalue weighted by atomic mass is 32.2. The molecule has 2 N–H and O–H groups in total. The minimum Gasteiger partial charge on any atom is -0.323 e. The number of hydrogen-bond donors (Lipinski definition) is 2. The van der Waals surface area contributed by atoms with Crippen molar-refractivity contribution >= 4 is 10.1 Å². The van der Waals surface area contributed by atoms with Crippen molar-refractivity contribution in [2.45, 2.75) is 35.1 Å². The number of rotatable bonds is 5. The van der Waals surface area contributed by atoms with Gasteiger partial charge in [0.25, 0.3) is 0 Å². The van der Waals surface area contributed by atoms with Crippen molar-refractivity contribution in [2.75, 3.05) is 14.1 Å². The lowest BCUT2D eigenvalue weighted by atomic mass is 9.98. The third-order valence-electron chi connectivity index (χ3n) is 2.23. The second-order valence-corrected chi connectivity index (χ2v) is 5.75. The van der Waals surface area contributed by atoms with Gasteiger partial charge in [-0.05, 0) is 14.1 Å². The monoisotopic (exact) mass is 445 g/mol. The first-order valence-corrected chi connectivity index (χ1v) is 6.87. The van der Waals surface area contributed by atoms with Gasteiger partial charge in [0.15, 0.2) is 0 Å². The van der Waals surface area contributed by atoms with Gasteiger partial charge in [-0.15, -0.1) is 0 Å². The summed E-state index contributed by atoms with van der Waals surface area (Å²) in [7, 11) is -3.86. The third-order valence-corrected chi connectivity index (χ3v) is 3.13. The van der Waals surface area contributed by atoms with Gasteiger partial charge in [-0.2, -0.15) is 65.5 Å². The van der Waals surface area contributed by atoms with Crippen molar-refractivity contribution in [2.24, 2.45) is 0 Å². The Kier molecular flexibility index (Phi) is 7.50. The summed E-state index contributed by atoms with van der Waals surface area (Å²) >= 11 is 0. The van der Waals surface area contributed by atoms with Gasteiger partial charge >= 0.3 is 45.2 Å². The molecule has 0 aliphatic rings. The van der Waals surface area contributed by atoms with Crippen molar-refractivity contribution in [3.63, 3.8) is 0 Å². The van der Waals surface area contributed by atoms with Crippen LogP contribution in [0.15, 0.2) is 0 Å². The summed E-state index contributed by atoms with van der Waals surface area (Å²) in [5.41, 5.74) is 0. The summed E-state index contributed by atoms with van der Waals surface area (Å²) in [6, 6.07) is 0. The van der Waals surface area contributed by atoms with E-state index in [0.717, 1.165) is 0 Å². The molecule has 0 saturated heterocycles. The van der Waals surface area contributed by atoms with Crippen LogP contribution < -0.4 is 5.32 Å². The van der Waals surface area contributed by atoms with E-state index in [-0.39, 0.29) is 0 Å². The molecule has 26 heavy (non-hydrogen) atoms. The molecule has 0 rings (SSSR count). The maximum Gasteiger partial charge on any atom is 0.460 e. The molecule has 4 nitrogen and oxygen atoms in total. The Morgan fingerprint density at radius 3 is 1.04 bits per heavy atom. The van der Waals surface area contributed by atoms with Crippen LogP contribution in [0.2, 0.25) is 0 Å². The molecule has 0 aromatic carbocycles. The minimum atomic E-state index is -8.25. The molecule has 0 spiro atoms. The average Bonchev–Trinajstić information content (AvgIpc) is 2.35. The summed E-state index contributed by atoms with van der Waals surface area (Å²) in [6.45, 7) is 0. The molecule has 0 saturated carbocycles. The molecule has 0 bridgehead atoms. The van der Waals surface area contributed by atoms with Gasteiger partial charge in [0.2, 0.25) is 0 Å². The Morgan fingerprint density at radius 1 is 0.615 bits per heavy atom. The molecule has 160 valence electrons. The van der Waals surface area contributed by atoms with E-state index in [2.05, 4.69) is 5.32 Å². The predicted octanol–water partition coefficient (Wildman–Crippen LogP) is 3.41. The fourth-order valence-electron chi connectivity index (χ4n) is 0.917. The molecule has 0 aliphatic heterocycles. The SMILES string of the molecule is CNC.O=S(=O)(O)C(F)(F)C(F)(F)C(F)(F)C(F)(F)C(F)(F)C(F)(F)F. The second-order valence-electron chi connectivity index (χ2n) is 4.29. The van der Waals surface area contributed by atoms with E-state index in [1.807, 2.05) is 14.1 Å². The molecule has 0 fully saturated rings. The highest BCUT2D eigenvalue weighted by Gasteiger charge is 2.92. The van der Waals surface area contributed by atoms with Gasteiger partial charge in [0, 0.05) is 0 Å². The Balaban J connectivity index is 0. The highest BCUT2D eigenvalue weighted by molar-refractivity contribution is 7.87. The van der Waals surface area contributed by atoms with Gasteiger partial charge < -0.3 is 5.32 Å². The topological polar surface area (TPSA) is 66.4 Å². The van der Waals surface area contributed by atoms with E-state index in [4.69, 9.17) is 4.55 Å². The average molecular weight is 445 g/mol. The number of hydrogen-bond acceptors (Lipinski definition) is 3. The zero-order chi connectivity index (χ0) is 22.2. The Morgan fingerprint density at radius 2 is 0.846 bits per heavy atom. The molecule has 0 amide bonds. The Hall–Kier alpha value is -1.04.